The maximum atomic E-state index is 12.1. The van der Waals surface area contributed by atoms with Gasteiger partial charge in [0, 0.05) is 25.9 Å². The second kappa shape index (κ2) is 9.07. The van der Waals surface area contributed by atoms with Gasteiger partial charge >= 0.3 is 6.18 Å². The minimum atomic E-state index is -4.38. The highest BCUT2D eigenvalue weighted by molar-refractivity contribution is 5.80. The number of pyridine rings is 1. The van der Waals surface area contributed by atoms with Gasteiger partial charge < -0.3 is 15.4 Å². The van der Waals surface area contributed by atoms with Gasteiger partial charge in [-0.1, -0.05) is 36.4 Å². The van der Waals surface area contributed by atoms with Crippen molar-refractivity contribution in [3.8, 4) is 5.88 Å². The molecule has 1 unspecified atom stereocenters. The molecule has 0 saturated heterocycles. The van der Waals surface area contributed by atoms with Gasteiger partial charge in [-0.2, -0.15) is 13.2 Å². The number of benzene rings is 1. The van der Waals surface area contributed by atoms with Crippen LogP contribution in [0.4, 0.5) is 13.2 Å². The van der Waals surface area contributed by atoms with Crippen molar-refractivity contribution in [2.45, 2.75) is 25.7 Å². The van der Waals surface area contributed by atoms with Crippen LogP contribution in [0.15, 0.2) is 53.7 Å². The summed E-state index contributed by atoms with van der Waals surface area (Å²) in [5.41, 5.74) is 1.92. The van der Waals surface area contributed by atoms with Crippen molar-refractivity contribution in [2.24, 2.45) is 4.99 Å². The first-order valence-corrected chi connectivity index (χ1v) is 8.04. The van der Waals surface area contributed by atoms with Crippen molar-refractivity contribution in [1.82, 2.24) is 15.6 Å². The second-order valence-corrected chi connectivity index (χ2v) is 5.61. The van der Waals surface area contributed by atoms with E-state index in [9.17, 15) is 13.2 Å². The molecule has 5 nitrogen and oxygen atoms in total. The molecule has 2 aromatic rings. The van der Waals surface area contributed by atoms with E-state index in [1.165, 1.54) is 12.3 Å². The highest BCUT2D eigenvalue weighted by Gasteiger charge is 2.28. The van der Waals surface area contributed by atoms with E-state index in [2.05, 4.69) is 25.3 Å². The third kappa shape index (κ3) is 6.62. The lowest BCUT2D eigenvalue weighted by Crippen LogP contribution is -2.38. The van der Waals surface area contributed by atoms with Gasteiger partial charge in [0.25, 0.3) is 0 Å². The van der Waals surface area contributed by atoms with E-state index >= 15 is 0 Å². The molecule has 0 fully saturated rings. The van der Waals surface area contributed by atoms with Crippen molar-refractivity contribution in [1.29, 1.82) is 0 Å². The molecule has 0 spiro atoms. The molecule has 140 valence electrons. The van der Waals surface area contributed by atoms with E-state index in [-0.39, 0.29) is 11.9 Å². The quantitative estimate of drug-likeness (QED) is 0.607. The van der Waals surface area contributed by atoms with Gasteiger partial charge in [0.15, 0.2) is 12.6 Å². The number of rotatable bonds is 6. The summed E-state index contributed by atoms with van der Waals surface area (Å²) in [6.07, 6.45) is -2.91. The summed E-state index contributed by atoms with van der Waals surface area (Å²) in [6, 6.07) is 13.1. The van der Waals surface area contributed by atoms with Crippen molar-refractivity contribution in [2.75, 3.05) is 13.7 Å². The molecule has 1 atom stereocenters. The summed E-state index contributed by atoms with van der Waals surface area (Å²) in [5.74, 6) is 0.546. The molecule has 0 aliphatic rings. The SMILES string of the molecule is CN=C(NCc1ccc(OCC(F)(F)F)nc1)NC(C)c1ccccc1. The van der Waals surface area contributed by atoms with Crippen LogP contribution in [-0.2, 0) is 6.54 Å². The molecule has 0 aliphatic carbocycles. The molecule has 1 aromatic heterocycles. The normalized spacial score (nSPS) is 13.2. The molecule has 0 bridgehead atoms. The van der Waals surface area contributed by atoms with E-state index in [0.29, 0.717) is 12.5 Å². The number of ether oxygens (including phenoxy) is 1. The molecule has 8 heteroatoms. The van der Waals surface area contributed by atoms with E-state index in [1.54, 1.807) is 13.1 Å². The standard InChI is InChI=1S/C18H21F3N4O/c1-13(15-6-4-3-5-7-15)25-17(22-2)24-11-14-8-9-16(23-10-14)26-12-18(19,20)21/h3-10,13H,11-12H2,1-2H3,(H2,22,24,25). The zero-order valence-corrected chi connectivity index (χ0v) is 14.5. The van der Waals surface area contributed by atoms with Crippen LogP contribution < -0.4 is 15.4 Å². The van der Waals surface area contributed by atoms with Crippen LogP contribution in [0.25, 0.3) is 0 Å². The molecule has 1 aromatic carbocycles. The Morgan fingerprint density at radius 1 is 1.19 bits per heavy atom. The summed E-state index contributed by atoms with van der Waals surface area (Å²) >= 11 is 0. The summed E-state index contributed by atoms with van der Waals surface area (Å²) in [7, 11) is 1.67. The lowest BCUT2D eigenvalue weighted by molar-refractivity contribution is -0.154. The van der Waals surface area contributed by atoms with Crippen LogP contribution in [0.3, 0.4) is 0 Å². The predicted octanol–water partition coefficient (Wildman–Crippen LogP) is 3.45. The number of nitrogens with zero attached hydrogens (tertiary/aromatic N) is 2. The lowest BCUT2D eigenvalue weighted by Gasteiger charge is -2.18. The molecule has 0 amide bonds. The first-order chi connectivity index (χ1) is 12.4. The molecule has 1 heterocycles. The van der Waals surface area contributed by atoms with Gasteiger partial charge in [-0.3, -0.25) is 4.99 Å². The highest BCUT2D eigenvalue weighted by atomic mass is 19.4. The van der Waals surface area contributed by atoms with Gasteiger partial charge in [0.05, 0.1) is 6.04 Å². The second-order valence-electron chi connectivity index (χ2n) is 5.61. The van der Waals surface area contributed by atoms with E-state index < -0.39 is 12.8 Å². The smallest absolute Gasteiger partial charge is 0.422 e. The van der Waals surface area contributed by atoms with Crippen molar-refractivity contribution in [3.05, 3.63) is 59.8 Å². The molecule has 26 heavy (non-hydrogen) atoms. The topological polar surface area (TPSA) is 58.5 Å². The van der Waals surface area contributed by atoms with E-state index in [4.69, 9.17) is 0 Å². The zero-order valence-electron chi connectivity index (χ0n) is 14.5. The van der Waals surface area contributed by atoms with Crippen LogP contribution in [0, 0.1) is 0 Å². The fourth-order valence-corrected chi connectivity index (χ4v) is 2.17. The van der Waals surface area contributed by atoms with Gasteiger partial charge in [-0.25, -0.2) is 4.98 Å². The zero-order chi connectivity index (χ0) is 19.0. The maximum Gasteiger partial charge on any atom is 0.422 e. The molecule has 2 N–H and O–H groups in total. The third-order valence-electron chi connectivity index (χ3n) is 3.52. The van der Waals surface area contributed by atoms with Crippen LogP contribution >= 0.6 is 0 Å². The van der Waals surface area contributed by atoms with E-state index in [1.807, 2.05) is 37.3 Å². The van der Waals surface area contributed by atoms with Crippen LogP contribution in [0.5, 0.6) is 5.88 Å². The summed E-state index contributed by atoms with van der Waals surface area (Å²) in [5, 5.41) is 6.41. The van der Waals surface area contributed by atoms with Crippen LogP contribution in [0.2, 0.25) is 0 Å². The van der Waals surface area contributed by atoms with Gasteiger partial charge in [-0.05, 0) is 18.1 Å². The molecular formula is C18H21F3N4O. The van der Waals surface area contributed by atoms with Crippen molar-refractivity contribution >= 4 is 5.96 Å². The number of aliphatic imine (C=N–C) groups is 1. The Hall–Kier alpha value is -2.77. The summed E-state index contributed by atoms with van der Waals surface area (Å²) in [6.45, 7) is 1.09. The Labute approximate surface area is 150 Å². The Bertz CT molecular complexity index is 703. The number of aromatic nitrogens is 1. The number of hydrogen-bond acceptors (Lipinski definition) is 3. The number of nitrogens with one attached hydrogen (secondary N) is 2. The predicted molar refractivity (Wildman–Crippen MR) is 94.0 cm³/mol. The number of guanidine groups is 1. The first-order valence-electron chi connectivity index (χ1n) is 8.04. The number of halogens is 3. The lowest BCUT2D eigenvalue weighted by atomic mass is 10.1. The highest BCUT2D eigenvalue weighted by Crippen LogP contribution is 2.17. The molecule has 0 aliphatic heterocycles. The molecule has 0 saturated carbocycles. The molecular weight excluding hydrogens is 345 g/mol. The maximum absolute atomic E-state index is 12.1. The Morgan fingerprint density at radius 2 is 1.92 bits per heavy atom. The fraction of sp³-hybridized carbons (Fsp3) is 0.333. The number of alkyl halides is 3. The average molecular weight is 366 g/mol. The number of hydrogen-bond donors (Lipinski definition) is 2. The van der Waals surface area contributed by atoms with Crippen molar-refractivity contribution in [3.63, 3.8) is 0 Å². The first kappa shape index (κ1) is 19.6. The van der Waals surface area contributed by atoms with Crippen molar-refractivity contribution < 1.29 is 17.9 Å². The monoisotopic (exact) mass is 366 g/mol. The Kier molecular flexibility index (Phi) is 6.82. The minimum Gasteiger partial charge on any atom is -0.468 e. The molecule has 2 rings (SSSR count). The van der Waals surface area contributed by atoms with Gasteiger partial charge in [0.1, 0.15) is 0 Å². The summed E-state index contributed by atoms with van der Waals surface area (Å²) < 4.78 is 40.9. The van der Waals surface area contributed by atoms with E-state index in [0.717, 1.165) is 11.1 Å². The minimum absolute atomic E-state index is 0.0636. The molecule has 0 radical (unpaired) electrons. The Morgan fingerprint density at radius 3 is 2.50 bits per heavy atom. The Balaban J connectivity index is 1.84. The summed E-state index contributed by atoms with van der Waals surface area (Å²) in [4.78, 5) is 8.04. The van der Waals surface area contributed by atoms with Gasteiger partial charge in [-0.15, -0.1) is 0 Å². The third-order valence-corrected chi connectivity index (χ3v) is 3.52. The van der Waals surface area contributed by atoms with Gasteiger partial charge in [0.2, 0.25) is 5.88 Å². The fourth-order valence-electron chi connectivity index (χ4n) is 2.17. The van der Waals surface area contributed by atoms with Crippen LogP contribution in [-0.4, -0.2) is 30.8 Å². The largest absolute Gasteiger partial charge is 0.468 e. The average Bonchev–Trinajstić information content (AvgIpc) is 2.64. The van der Waals surface area contributed by atoms with Crippen LogP contribution in [0.1, 0.15) is 24.1 Å².